The summed E-state index contributed by atoms with van der Waals surface area (Å²) in [6.45, 7) is 6.79. The molecule has 0 aromatic rings. The molecule has 0 heterocycles. The third-order valence-corrected chi connectivity index (χ3v) is 2.01. The Balaban J connectivity index is 4.90. The number of hydrogen-bond donors (Lipinski definition) is 4. The molecule has 0 rings (SSSR count). The summed E-state index contributed by atoms with van der Waals surface area (Å²) in [7, 11) is 0. The topological polar surface area (TPSA) is 149 Å². The summed E-state index contributed by atoms with van der Waals surface area (Å²) in [5.41, 5.74) is 11.7. The summed E-state index contributed by atoms with van der Waals surface area (Å²) in [5, 5.41) is 6.11. The number of ether oxygens (including phenoxy) is 1. The second-order valence-electron chi connectivity index (χ2n) is 5.44. The summed E-state index contributed by atoms with van der Waals surface area (Å²) in [6, 6.07) is -2.49. The molecule has 0 bridgehead atoms. The van der Waals surface area contributed by atoms with Gasteiger partial charge in [0, 0.05) is 0 Å². The molecule has 0 unspecified atom stereocenters. The highest BCUT2D eigenvalue weighted by Gasteiger charge is 2.21. The van der Waals surface area contributed by atoms with Gasteiger partial charge in [0.05, 0.1) is 18.5 Å². The minimum absolute atomic E-state index is 0.0422. The van der Waals surface area contributed by atoms with Gasteiger partial charge in [-0.05, 0) is 27.7 Å². The maximum atomic E-state index is 11.5. The number of carbonyl (C=O) groups is 3. The molecule has 0 aliphatic carbocycles. The number of nitrogens with zero attached hydrogens (tertiary/aromatic N) is 1. The van der Waals surface area contributed by atoms with E-state index in [1.807, 2.05) is 5.43 Å². The first-order chi connectivity index (χ1) is 9.55. The summed E-state index contributed by atoms with van der Waals surface area (Å²) < 4.78 is 5.50. The van der Waals surface area contributed by atoms with Gasteiger partial charge in [-0.1, -0.05) is 0 Å². The van der Waals surface area contributed by atoms with Gasteiger partial charge in [0.25, 0.3) is 0 Å². The van der Waals surface area contributed by atoms with Crippen molar-refractivity contribution in [2.45, 2.75) is 51.8 Å². The van der Waals surface area contributed by atoms with E-state index in [9.17, 15) is 14.4 Å². The Morgan fingerprint density at radius 3 is 2.33 bits per heavy atom. The van der Waals surface area contributed by atoms with Crippen LogP contribution in [-0.4, -0.2) is 41.8 Å². The van der Waals surface area contributed by atoms with Crippen LogP contribution in [0.2, 0.25) is 0 Å². The van der Waals surface area contributed by atoms with Crippen molar-refractivity contribution in [3.63, 3.8) is 0 Å². The van der Waals surface area contributed by atoms with Crippen molar-refractivity contribution in [2.24, 2.45) is 16.6 Å². The van der Waals surface area contributed by atoms with Crippen molar-refractivity contribution in [1.29, 1.82) is 0 Å². The lowest BCUT2D eigenvalue weighted by atomic mass is 10.1. The van der Waals surface area contributed by atoms with Gasteiger partial charge in [0.15, 0.2) is 0 Å². The van der Waals surface area contributed by atoms with Gasteiger partial charge in [-0.15, -0.1) is 5.10 Å². The first-order valence-electron chi connectivity index (χ1n) is 6.37. The van der Waals surface area contributed by atoms with E-state index < -0.39 is 29.6 Å². The van der Waals surface area contributed by atoms with Gasteiger partial charge in [-0.25, -0.2) is 10.2 Å². The van der Waals surface area contributed by atoms with Crippen molar-refractivity contribution >= 4 is 24.1 Å². The highest BCUT2D eigenvalue weighted by molar-refractivity contribution is 5.87. The Bertz CT molecular complexity index is 414. The molecule has 2 atom stereocenters. The number of hydrazone groups is 1. The lowest BCUT2D eigenvalue weighted by molar-refractivity contribution is -0.124. The van der Waals surface area contributed by atoms with Crippen LogP contribution >= 0.6 is 0 Å². The van der Waals surface area contributed by atoms with Crippen molar-refractivity contribution in [1.82, 2.24) is 10.7 Å². The minimum Gasteiger partial charge on any atom is -0.474 e. The summed E-state index contributed by atoms with van der Waals surface area (Å²) >= 11 is 0. The highest BCUT2D eigenvalue weighted by atomic mass is 16.5. The van der Waals surface area contributed by atoms with E-state index in [0.29, 0.717) is 6.29 Å². The Kier molecular flexibility index (Phi) is 7.36. The van der Waals surface area contributed by atoms with E-state index in [1.165, 1.54) is 6.92 Å². The molecule has 120 valence electrons. The molecular weight excluding hydrogens is 278 g/mol. The molecule has 6 N–H and O–H groups in total. The van der Waals surface area contributed by atoms with Gasteiger partial charge in [0.2, 0.25) is 11.8 Å². The normalized spacial score (nSPS) is 14.8. The highest BCUT2D eigenvalue weighted by Crippen LogP contribution is 2.10. The maximum Gasteiger partial charge on any atom is 0.332 e. The molecule has 0 aliphatic rings. The summed E-state index contributed by atoms with van der Waals surface area (Å²) in [4.78, 5) is 33.2. The van der Waals surface area contributed by atoms with E-state index in [2.05, 4.69) is 10.4 Å². The first-order valence-corrected chi connectivity index (χ1v) is 6.37. The average molecular weight is 301 g/mol. The molecule has 9 nitrogen and oxygen atoms in total. The zero-order valence-corrected chi connectivity index (χ0v) is 12.7. The summed E-state index contributed by atoms with van der Waals surface area (Å²) in [5.74, 6) is -0.423. The van der Waals surface area contributed by atoms with Gasteiger partial charge >= 0.3 is 6.03 Å². The number of nitrogens with two attached hydrogens (primary N) is 2. The van der Waals surface area contributed by atoms with Crippen LogP contribution in [-0.2, 0) is 14.3 Å². The molecule has 0 aromatic carbocycles. The van der Waals surface area contributed by atoms with Gasteiger partial charge in [0.1, 0.15) is 11.9 Å². The van der Waals surface area contributed by atoms with Crippen molar-refractivity contribution < 1.29 is 19.1 Å². The van der Waals surface area contributed by atoms with Crippen LogP contribution in [0.25, 0.3) is 0 Å². The number of nitrogens with one attached hydrogen (secondary N) is 2. The zero-order valence-electron chi connectivity index (χ0n) is 12.7. The molecule has 21 heavy (non-hydrogen) atoms. The quantitative estimate of drug-likeness (QED) is 0.219. The number of rotatable bonds is 6. The van der Waals surface area contributed by atoms with Gasteiger partial charge < -0.3 is 26.3 Å². The molecule has 0 aliphatic heterocycles. The fourth-order valence-electron chi connectivity index (χ4n) is 1.22. The third kappa shape index (κ3) is 9.38. The standard InChI is InChI=1S/C12H23N5O4/c1-7(13)10(19)15-8(6-18)5-9(16-17-11(14)20)21-12(2,3)4/h6-8H,5,13H2,1-4H3,(H,15,19)(H3,14,17,20)/t7-,8-/m0/s1. The van der Waals surface area contributed by atoms with Crippen LogP contribution < -0.4 is 22.2 Å². The van der Waals surface area contributed by atoms with E-state index in [4.69, 9.17) is 16.2 Å². The molecular formula is C12H23N5O4. The lowest BCUT2D eigenvalue weighted by Gasteiger charge is -2.24. The minimum atomic E-state index is -0.876. The van der Waals surface area contributed by atoms with Crippen LogP contribution in [0.1, 0.15) is 34.1 Å². The maximum absolute atomic E-state index is 11.5. The molecule has 0 fully saturated rings. The average Bonchev–Trinajstić information content (AvgIpc) is 2.32. The number of amides is 3. The molecule has 3 amide bonds. The number of aldehydes is 1. The van der Waals surface area contributed by atoms with E-state index in [1.54, 1.807) is 20.8 Å². The largest absolute Gasteiger partial charge is 0.474 e. The van der Waals surface area contributed by atoms with Crippen LogP contribution in [0.15, 0.2) is 5.10 Å². The van der Waals surface area contributed by atoms with Gasteiger partial charge in [-0.3, -0.25) is 4.79 Å². The Labute approximate surface area is 123 Å². The van der Waals surface area contributed by atoms with E-state index in [0.717, 1.165) is 0 Å². The van der Waals surface area contributed by atoms with Crippen molar-refractivity contribution in [3.05, 3.63) is 0 Å². The van der Waals surface area contributed by atoms with Crippen LogP contribution in [0, 0.1) is 0 Å². The monoisotopic (exact) mass is 301 g/mol. The van der Waals surface area contributed by atoms with Gasteiger partial charge in [-0.2, -0.15) is 0 Å². The molecule has 9 heteroatoms. The number of primary amides is 1. The predicted molar refractivity (Wildman–Crippen MR) is 77.3 cm³/mol. The smallest absolute Gasteiger partial charge is 0.332 e. The van der Waals surface area contributed by atoms with Crippen molar-refractivity contribution in [2.75, 3.05) is 0 Å². The SMILES string of the molecule is C[C@H](N)C(=O)N[C@H](C=O)CC(=NNC(N)=O)OC(C)(C)C. The Morgan fingerprint density at radius 2 is 1.95 bits per heavy atom. The number of carbonyl (C=O) groups excluding carboxylic acids is 3. The Morgan fingerprint density at radius 1 is 1.38 bits per heavy atom. The van der Waals surface area contributed by atoms with E-state index >= 15 is 0 Å². The van der Waals surface area contributed by atoms with Crippen LogP contribution in [0.5, 0.6) is 0 Å². The molecule has 0 radical (unpaired) electrons. The second-order valence-corrected chi connectivity index (χ2v) is 5.44. The van der Waals surface area contributed by atoms with Crippen LogP contribution in [0.3, 0.4) is 0 Å². The molecule has 0 saturated heterocycles. The molecule has 0 saturated carbocycles. The summed E-state index contributed by atoms with van der Waals surface area (Å²) in [6.07, 6.45) is 0.492. The number of hydrogen-bond acceptors (Lipinski definition) is 6. The zero-order chi connectivity index (χ0) is 16.6. The predicted octanol–water partition coefficient (Wildman–Crippen LogP) is -0.796. The third-order valence-electron chi connectivity index (χ3n) is 2.01. The fraction of sp³-hybridized carbons (Fsp3) is 0.667. The first kappa shape index (κ1) is 18.8. The number of urea groups is 1. The Hall–Kier alpha value is -2.16. The molecule has 0 aromatic heterocycles. The fourth-order valence-corrected chi connectivity index (χ4v) is 1.22. The van der Waals surface area contributed by atoms with E-state index in [-0.39, 0.29) is 12.3 Å². The van der Waals surface area contributed by atoms with Crippen molar-refractivity contribution in [3.8, 4) is 0 Å². The second kappa shape index (κ2) is 8.20. The lowest BCUT2D eigenvalue weighted by Crippen LogP contribution is -2.46. The molecule has 0 spiro atoms. The van der Waals surface area contributed by atoms with Crippen LogP contribution in [0.4, 0.5) is 4.79 Å².